The first-order valence-corrected chi connectivity index (χ1v) is 9.19. The van der Waals surface area contributed by atoms with Crippen LogP contribution in [0.4, 0.5) is 4.79 Å². The molecule has 3 rings (SSSR count). The van der Waals surface area contributed by atoms with E-state index in [0.717, 1.165) is 11.1 Å². The predicted octanol–water partition coefficient (Wildman–Crippen LogP) is 3.67. The van der Waals surface area contributed by atoms with E-state index in [0.29, 0.717) is 12.2 Å². The van der Waals surface area contributed by atoms with Crippen LogP contribution in [0.25, 0.3) is 0 Å². The van der Waals surface area contributed by atoms with E-state index in [4.69, 9.17) is 14.2 Å². The predicted molar refractivity (Wildman–Crippen MR) is 103 cm³/mol. The standard InChI is InChI=1S/C22H23NO5/c1-2-26-21(24)14-20-19(13-17-9-5-3-6-10-17)23(16-28-20)22(25)27-15-18-11-7-4-8-12-18/h3-12,14,19H,2,13,15-16H2,1H3/b20-14+/t19-/m0/s1. The number of amides is 1. The second-order valence-electron chi connectivity index (χ2n) is 6.29. The molecule has 0 aliphatic carbocycles. The molecule has 0 spiro atoms. The minimum Gasteiger partial charge on any atom is -0.475 e. The molecule has 28 heavy (non-hydrogen) atoms. The van der Waals surface area contributed by atoms with E-state index in [2.05, 4.69) is 0 Å². The van der Waals surface area contributed by atoms with Crippen molar-refractivity contribution in [1.82, 2.24) is 4.90 Å². The Morgan fingerprint density at radius 3 is 2.32 bits per heavy atom. The molecule has 1 saturated heterocycles. The van der Waals surface area contributed by atoms with E-state index < -0.39 is 18.1 Å². The van der Waals surface area contributed by atoms with Crippen LogP contribution in [0.15, 0.2) is 72.5 Å². The minimum atomic E-state index is -0.491. The molecule has 1 heterocycles. The Kier molecular flexibility index (Phi) is 6.68. The van der Waals surface area contributed by atoms with Crippen LogP contribution in [0.5, 0.6) is 0 Å². The number of nitrogens with zero attached hydrogens (tertiary/aromatic N) is 1. The number of benzene rings is 2. The zero-order valence-electron chi connectivity index (χ0n) is 15.7. The van der Waals surface area contributed by atoms with Gasteiger partial charge in [0.2, 0.25) is 0 Å². The van der Waals surface area contributed by atoms with Crippen molar-refractivity contribution in [2.24, 2.45) is 0 Å². The quantitative estimate of drug-likeness (QED) is 0.564. The lowest BCUT2D eigenvalue weighted by Gasteiger charge is -2.21. The van der Waals surface area contributed by atoms with Crippen molar-refractivity contribution in [2.75, 3.05) is 13.3 Å². The van der Waals surface area contributed by atoms with Gasteiger partial charge in [-0.15, -0.1) is 0 Å². The maximum atomic E-state index is 12.7. The van der Waals surface area contributed by atoms with Crippen LogP contribution in [-0.4, -0.2) is 36.3 Å². The highest BCUT2D eigenvalue weighted by Crippen LogP contribution is 2.25. The summed E-state index contributed by atoms with van der Waals surface area (Å²) in [5, 5.41) is 0. The number of carbonyl (C=O) groups excluding carboxylic acids is 2. The number of esters is 1. The first kappa shape index (κ1) is 19.5. The average Bonchev–Trinajstić information content (AvgIpc) is 3.10. The van der Waals surface area contributed by atoms with Crippen molar-refractivity contribution in [3.63, 3.8) is 0 Å². The fourth-order valence-electron chi connectivity index (χ4n) is 2.95. The van der Waals surface area contributed by atoms with Crippen LogP contribution < -0.4 is 0 Å². The summed E-state index contributed by atoms with van der Waals surface area (Å²) in [5.41, 5.74) is 1.92. The molecule has 6 nitrogen and oxygen atoms in total. The average molecular weight is 381 g/mol. The zero-order valence-corrected chi connectivity index (χ0v) is 15.7. The van der Waals surface area contributed by atoms with Crippen LogP contribution in [0.1, 0.15) is 18.1 Å². The van der Waals surface area contributed by atoms with Crippen molar-refractivity contribution >= 4 is 12.1 Å². The minimum absolute atomic E-state index is 0.0242. The Balaban J connectivity index is 1.74. The lowest BCUT2D eigenvalue weighted by molar-refractivity contribution is -0.137. The fourth-order valence-corrected chi connectivity index (χ4v) is 2.95. The van der Waals surface area contributed by atoms with Gasteiger partial charge in [0.05, 0.1) is 12.7 Å². The second kappa shape index (κ2) is 9.60. The fraction of sp³-hybridized carbons (Fsp3) is 0.273. The Hall–Kier alpha value is -3.28. The second-order valence-corrected chi connectivity index (χ2v) is 6.29. The lowest BCUT2D eigenvalue weighted by Crippen LogP contribution is -2.38. The lowest BCUT2D eigenvalue weighted by atomic mass is 10.0. The van der Waals surface area contributed by atoms with Gasteiger partial charge in [-0.25, -0.2) is 9.59 Å². The van der Waals surface area contributed by atoms with Gasteiger partial charge in [0.25, 0.3) is 0 Å². The number of ether oxygens (including phenoxy) is 3. The largest absolute Gasteiger partial charge is 0.475 e. The van der Waals surface area contributed by atoms with Crippen molar-refractivity contribution in [2.45, 2.75) is 26.0 Å². The van der Waals surface area contributed by atoms with Crippen LogP contribution in [0.2, 0.25) is 0 Å². The molecule has 1 amide bonds. The molecule has 0 bridgehead atoms. The molecule has 1 fully saturated rings. The van der Waals surface area contributed by atoms with E-state index in [1.807, 2.05) is 60.7 Å². The van der Waals surface area contributed by atoms with Crippen LogP contribution in [0.3, 0.4) is 0 Å². The highest BCUT2D eigenvalue weighted by atomic mass is 16.6. The number of hydrogen-bond donors (Lipinski definition) is 0. The van der Waals surface area contributed by atoms with E-state index in [-0.39, 0.29) is 19.9 Å². The molecule has 0 saturated carbocycles. The van der Waals surface area contributed by atoms with Gasteiger partial charge < -0.3 is 14.2 Å². The topological polar surface area (TPSA) is 65.1 Å². The molecule has 1 atom stereocenters. The molecule has 1 aliphatic rings. The van der Waals surface area contributed by atoms with E-state index in [9.17, 15) is 9.59 Å². The Labute approximate surface area is 164 Å². The third kappa shape index (κ3) is 5.13. The monoisotopic (exact) mass is 381 g/mol. The molecule has 0 unspecified atom stereocenters. The highest BCUT2D eigenvalue weighted by molar-refractivity contribution is 5.83. The van der Waals surface area contributed by atoms with Crippen molar-refractivity contribution in [3.8, 4) is 0 Å². The zero-order chi connectivity index (χ0) is 19.8. The summed E-state index contributed by atoms with van der Waals surface area (Å²) in [6.07, 6.45) is 1.32. The summed E-state index contributed by atoms with van der Waals surface area (Å²) >= 11 is 0. The molecular formula is C22H23NO5. The summed E-state index contributed by atoms with van der Waals surface area (Å²) in [4.78, 5) is 26.0. The van der Waals surface area contributed by atoms with Gasteiger partial charge in [-0.05, 0) is 18.1 Å². The van der Waals surface area contributed by atoms with Gasteiger partial charge in [-0.1, -0.05) is 60.7 Å². The molecule has 1 aliphatic heterocycles. The summed E-state index contributed by atoms with van der Waals surface area (Å²) < 4.78 is 16.0. The molecule has 0 radical (unpaired) electrons. The summed E-state index contributed by atoms with van der Waals surface area (Å²) in [6.45, 7) is 2.21. The van der Waals surface area contributed by atoms with E-state index in [1.54, 1.807) is 6.92 Å². The van der Waals surface area contributed by atoms with Crippen LogP contribution in [-0.2, 0) is 32.0 Å². The van der Waals surface area contributed by atoms with Crippen LogP contribution >= 0.6 is 0 Å². The van der Waals surface area contributed by atoms with Gasteiger partial charge in [0.1, 0.15) is 18.4 Å². The smallest absolute Gasteiger partial charge is 0.413 e. The number of rotatable bonds is 6. The van der Waals surface area contributed by atoms with Crippen molar-refractivity contribution in [1.29, 1.82) is 0 Å². The number of hydrogen-bond acceptors (Lipinski definition) is 5. The van der Waals surface area contributed by atoms with Gasteiger partial charge in [0.15, 0.2) is 6.73 Å². The maximum absolute atomic E-state index is 12.7. The summed E-state index contributed by atoms with van der Waals surface area (Å²) in [5.74, 6) is -0.0889. The van der Waals surface area contributed by atoms with Crippen molar-refractivity contribution in [3.05, 3.63) is 83.6 Å². The summed E-state index contributed by atoms with van der Waals surface area (Å²) in [6, 6.07) is 18.7. The molecule has 2 aromatic carbocycles. The first-order chi connectivity index (χ1) is 13.7. The molecular weight excluding hydrogens is 358 g/mol. The maximum Gasteiger partial charge on any atom is 0.413 e. The number of carbonyl (C=O) groups is 2. The molecule has 0 N–H and O–H groups in total. The van der Waals surface area contributed by atoms with Gasteiger partial charge in [0, 0.05) is 6.42 Å². The third-order valence-corrected chi connectivity index (χ3v) is 4.33. The highest BCUT2D eigenvalue weighted by Gasteiger charge is 2.36. The Bertz CT molecular complexity index is 819. The normalized spacial score (nSPS) is 17.2. The van der Waals surface area contributed by atoms with E-state index >= 15 is 0 Å². The molecule has 0 aromatic heterocycles. The van der Waals surface area contributed by atoms with Gasteiger partial charge in [-0.3, -0.25) is 4.90 Å². The molecule has 146 valence electrons. The Morgan fingerprint density at radius 1 is 1.04 bits per heavy atom. The van der Waals surface area contributed by atoms with Gasteiger partial charge in [-0.2, -0.15) is 0 Å². The molecule has 6 heteroatoms. The SMILES string of the molecule is CCOC(=O)/C=C1/OCN(C(=O)OCc2ccccc2)[C@H]1Cc1ccccc1. The first-order valence-electron chi connectivity index (χ1n) is 9.19. The van der Waals surface area contributed by atoms with Gasteiger partial charge >= 0.3 is 12.1 Å². The summed E-state index contributed by atoms with van der Waals surface area (Å²) in [7, 11) is 0. The van der Waals surface area contributed by atoms with Crippen LogP contribution in [0, 0.1) is 0 Å². The van der Waals surface area contributed by atoms with Crippen molar-refractivity contribution < 1.29 is 23.8 Å². The Morgan fingerprint density at radius 2 is 1.68 bits per heavy atom. The molecule has 2 aromatic rings. The third-order valence-electron chi connectivity index (χ3n) is 4.33. The van der Waals surface area contributed by atoms with E-state index in [1.165, 1.54) is 11.0 Å².